The molecule has 208 valence electrons. The minimum atomic E-state index is 0.872. The fourth-order valence-corrected chi connectivity index (χ4v) is 7.01. The Hall–Kier alpha value is -6.13. The standard InChI is InChI=1S/C41H24N4/c1-2-11-27-23-28(17-16-25(27)9-1)38-37(42-35-21-19-26-10-3-4-12-30(26)39(35)44-38)29-18-20-33-34(24-29)31-13-5-6-14-32(31)40-41(33)45-22-8-7-15-36(45)43-40/h1-24H. The van der Waals surface area contributed by atoms with Gasteiger partial charge in [0.25, 0.3) is 0 Å². The molecule has 7 aromatic carbocycles. The van der Waals surface area contributed by atoms with Crippen molar-refractivity contribution in [2.45, 2.75) is 0 Å². The minimum Gasteiger partial charge on any atom is -0.299 e. The van der Waals surface area contributed by atoms with Gasteiger partial charge in [-0.2, -0.15) is 0 Å². The van der Waals surface area contributed by atoms with Crippen molar-refractivity contribution in [3.05, 3.63) is 146 Å². The quantitative estimate of drug-likeness (QED) is 0.194. The molecule has 3 aromatic heterocycles. The summed E-state index contributed by atoms with van der Waals surface area (Å²) < 4.78 is 2.20. The number of imidazole rings is 1. The molecule has 0 aliphatic carbocycles. The van der Waals surface area contributed by atoms with E-state index >= 15 is 0 Å². The summed E-state index contributed by atoms with van der Waals surface area (Å²) in [6.45, 7) is 0. The Balaban J connectivity index is 1.31. The molecule has 0 aliphatic heterocycles. The Morgan fingerprint density at radius 3 is 2.00 bits per heavy atom. The zero-order chi connectivity index (χ0) is 29.5. The molecule has 45 heavy (non-hydrogen) atoms. The van der Waals surface area contributed by atoms with E-state index in [1.165, 1.54) is 21.5 Å². The van der Waals surface area contributed by atoms with Gasteiger partial charge in [-0.15, -0.1) is 0 Å². The Bertz CT molecular complexity index is 2830. The van der Waals surface area contributed by atoms with Crippen LogP contribution in [0.1, 0.15) is 0 Å². The first-order chi connectivity index (χ1) is 22.3. The third kappa shape index (κ3) is 3.57. The summed E-state index contributed by atoms with van der Waals surface area (Å²) in [5, 5.41) is 9.31. The van der Waals surface area contributed by atoms with Crippen molar-refractivity contribution in [1.29, 1.82) is 0 Å². The zero-order valence-corrected chi connectivity index (χ0v) is 24.1. The van der Waals surface area contributed by atoms with Gasteiger partial charge in [-0.3, -0.25) is 4.40 Å². The Morgan fingerprint density at radius 1 is 0.400 bits per heavy atom. The van der Waals surface area contributed by atoms with Crippen LogP contribution in [0.2, 0.25) is 0 Å². The molecule has 0 atom stereocenters. The number of nitrogens with zero attached hydrogens (tertiary/aromatic N) is 4. The van der Waals surface area contributed by atoms with Gasteiger partial charge in [0.05, 0.1) is 33.5 Å². The molecule has 3 heterocycles. The molecule has 10 aromatic rings. The average Bonchev–Trinajstić information content (AvgIpc) is 3.51. The third-order valence-corrected chi connectivity index (χ3v) is 9.13. The smallest absolute Gasteiger partial charge is 0.137 e. The predicted molar refractivity (Wildman–Crippen MR) is 187 cm³/mol. The van der Waals surface area contributed by atoms with Crippen LogP contribution in [0.3, 0.4) is 0 Å². The molecule has 0 fully saturated rings. The molecule has 0 amide bonds. The summed E-state index contributed by atoms with van der Waals surface area (Å²) in [5.74, 6) is 0. The summed E-state index contributed by atoms with van der Waals surface area (Å²) >= 11 is 0. The average molecular weight is 573 g/mol. The van der Waals surface area contributed by atoms with Gasteiger partial charge in [-0.05, 0) is 57.3 Å². The second-order valence-corrected chi connectivity index (χ2v) is 11.7. The molecule has 10 rings (SSSR count). The zero-order valence-electron chi connectivity index (χ0n) is 24.1. The number of hydrogen-bond donors (Lipinski definition) is 0. The summed E-state index contributed by atoms with van der Waals surface area (Å²) in [7, 11) is 0. The lowest BCUT2D eigenvalue weighted by Gasteiger charge is -2.14. The van der Waals surface area contributed by atoms with Crippen LogP contribution in [0.15, 0.2) is 146 Å². The van der Waals surface area contributed by atoms with Crippen molar-refractivity contribution < 1.29 is 0 Å². The SMILES string of the molecule is c1ccc2cc(-c3nc4c(ccc5ccccc54)nc3-c3ccc4c(c3)c3ccccc3c3nc5ccccn5c43)ccc2c1. The Kier molecular flexibility index (Phi) is 4.96. The van der Waals surface area contributed by atoms with Gasteiger partial charge in [-0.1, -0.05) is 109 Å². The van der Waals surface area contributed by atoms with Crippen LogP contribution in [0, 0.1) is 0 Å². The highest BCUT2D eigenvalue weighted by molar-refractivity contribution is 6.24. The van der Waals surface area contributed by atoms with E-state index in [9.17, 15) is 0 Å². The molecular weight excluding hydrogens is 548 g/mol. The van der Waals surface area contributed by atoms with Crippen LogP contribution in [0.5, 0.6) is 0 Å². The highest BCUT2D eigenvalue weighted by atomic mass is 15.0. The van der Waals surface area contributed by atoms with E-state index < -0.39 is 0 Å². The highest BCUT2D eigenvalue weighted by Gasteiger charge is 2.19. The Morgan fingerprint density at radius 2 is 1.09 bits per heavy atom. The van der Waals surface area contributed by atoms with Gasteiger partial charge >= 0.3 is 0 Å². The van der Waals surface area contributed by atoms with Gasteiger partial charge < -0.3 is 0 Å². The molecule has 0 aliphatic rings. The van der Waals surface area contributed by atoms with Crippen molar-refractivity contribution in [2.24, 2.45) is 0 Å². The summed E-state index contributed by atoms with van der Waals surface area (Å²) in [6, 6.07) is 49.2. The fourth-order valence-electron chi connectivity index (χ4n) is 7.01. The number of aromatic nitrogens is 4. The second kappa shape index (κ2) is 9.18. The van der Waals surface area contributed by atoms with Crippen LogP contribution in [0.25, 0.3) is 93.3 Å². The van der Waals surface area contributed by atoms with Crippen LogP contribution in [-0.2, 0) is 0 Å². The normalized spacial score (nSPS) is 12.0. The first-order valence-electron chi connectivity index (χ1n) is 15.2. The van der Waals surface area contributed by atoms with Crippen LogP contribution in [-0.4, -0.2) is 19.4 Å². The molecule has 4 nitrogen and oxygen atoms in total. The maximum absolute atomic E-state index is 5.41. The Labute approximate surface area is 257 Å². The minimum absolute atomic E-state index is 0.872. The topological polar surface area (TPSA) is 43.1 Å². The first-order valence-corrected chi connectivity index (χ1v) is 15.2. The lowest BCUT2D eigenvalue weighted by molar-refractivity contribution is 1.23. The van der Waals surface area contributed by atoms with E-state index in [1.807, 2.05) is 6.07 Å². The number of fused-ring (bicyclic) bond motifs is 12. The van der Waals surface area contributed by atoms with E-state index in [-0.39, 0.29) is 0 Å². The van der Waals surface area contributed by atoms with E-state index in [0.29, 0.717) is 0 Å². The van der Waals surface area contributed by atoms with E-state index in [2.05, 4.69) is 144 Å². The van der Waals surface area contributed by atoms with Crippen molar-refractivity contribution in [3.63, 3.8) is 0 Å². The van der Waals surface area contributed by atoms with Crippen LogP contribution >= 0.6 is 0 Å². The monoisotopic (exact) mass is 572 g/mol. The summed E-state index contributed by atoms with van der Waals surface area (Å²) in [5.41, 5.74) is 8.72. The van der Waals surface area contributed by atoms with E-state index in [0.717, 1.165) is 71.8 Å². The molecule has 4 heteroatoms. The lowest BCUT2D eigenvalue weighted by atomic mass is 9.95. The second-order valence-electron chi connectivity index (χ2n) is 11.7. The van der Waals surface area contributed by atoms with Crippen molar-refractivity contribution in [1.82, 2.24) is 19.4 Å². The van der Waals surface area contributed by atoms with Crippen LogP contribution in [0.4, 0.5) is 0 Å². The first kappa shape index (κ1) is 24.3. The van der Waals surface area contributed by atoms with Gasteiger partial charge in [0.1, 0.15) is 5.65 Å². The van der Waals surface area contributed by atoms with E-state index in [1.54, 1.807) is 0 Å². The molecule has 0 radical (unpaired) electrons. The van der Waals surface area contributed by atoms with Crippen LogP contribution < -0.4 is 0 Å². The summed E-state index contributed by atoms with van der Waals surface area (Å²) in [6.07, 6.45) is 2.10. The molecule has 0 bridgehead atoms. The van der Waals surface area contributed by atoms with Crippen molar-refractivity contribution in [3.8, 4) is 22.5 Å². The molecular formula is C41H24N4. The van der Waals surface area contributed by atoms with Gasteiger partial charge in [-0.25, -0.2) is 15.0 Å². The maximum Gasteiger partial charge on any atom is 0.137 e. The fraction of sp³-hybridized carbons (Fsp3) is 0. The molecule has 0 saturated heterocycles. The van der Waals surface area contributed by atoms with Crippen molar-refractivity contribution in [2.75, 3.05) is 0 Å². The highest BCUT2D eigenvalue weighted by Crippen LogP contribution is 2.40. The van der Waals surface area contributed by atoms with Gasteiger partial charge in [0.15, 0.2) is 0 Å². The maximum atomic E-state index is 5.41. The van der Waals surface area contributed by atoms with Gasteiger partial charge in [0, 0.05) is 33.5 Å². The predicted octanol–water partition coefficient (Wildman–Crippen LogP) is 10.4. The number of hydrogen-bond acceptors (Lipinski definition) is 3. The molecule has 0 unspecified atom stereocenters. The molecule has 0 N–H and O–H groups in total. The number of pyridine rings is 1. The number of benzene rings is 7. The lowest BCUT2D eigenvalue weighted by Crippen LogP contribution is -1.97. The molecule has 0 spiro atoms. The van der Waals surface area contributed by atoms with E-state index in [4.69, 9.17) is 15.0 Å². The van der Waals surface area contributed by atoms with Crippen molar-refractivity contribution >= 4 is 70.8 Å². The third-order valence-electron chi connectivity index (χ3n) is 9.13. The number of rotatable bonds is 2. The van der Waals surface area contributed by atoms with Gasteiger partial charge in [0.2, 0.25) is 0 Å². The molecule has 0 saturated carbocycles. The summed E-state index contributed by atoms with van der Waals surface area (Å²) in [4.78, 5) is 15.8. The largest absolute Gasteiger partial charge is 0.299 e.